The third-order valence-electron chi connectivity index (χ3n) is 5.09. The number of aryl methyl sites for hydroxylation is 1. The second-order valence-electron chi connectivity index (χ2n) is 6.74. The molecule has 1 aliphatic heterocycles. The van der Waals surface area contributed by atoms with Crippen LogP contribution in [0.25, 0.3) is 16.8 Å². The Balaban J connectivity index is 1.95. The fraction of sp³-hybridized carbons (Fsp3) is 0.368. The fourth-order valence-electron chi connectivity index (χ4n) is 3.54. The highest BCUT2D eigenvalue weighted by Crippen LogP contribution is 2.37. The number of ether oxygens (including phenoxy) is 2. The van der Waals surface area contributed by atoms with E-state index in [1.807, 2.05) is 17.4 Å². The van der Waals surface area contributed by atoms with Gasteiger partial charge in [-0.25, -0.2) is 18.7 Å². The SMILES string of the molecule is CO[C@]1(c2cc(C(F)F)cc(-c3cc(C)n4cnc(N)cc34)n2)CCOC1. The van der Waals surface area contributed by atoms with Crippen LogP contribution in [0.1, 0.15) is 29.8 Å². The van der Waals surface area contributed by atoms with Crippen LogP contribution in [0, 0.1) is 6.92 Å². The number of alkyl halides is 2. The van der Waals surface area contributed by atoms with Gasteiger partial charge in [0.15, 0.2) is 0 Å². The summed E-state index contributed by atoms with van der Waals surface area (Å²) in [6, 6.07) is 6.43. The number of aromatic nitrogens is 3. The van der Waals surface area contributed by atoms with E-state index in [1.54, 1.807) is 19.5 Å². The largest absolute Gasteiger partial charge is 0.384 e. The molecule has 1 aliphatic rings. The van der Waals surface area contributed by atoms with Crippen LogP contribution in [0.5, 0.6) is 0 Å². The minimum atomic E-state index is -2.62. The molecular weight excluding hydrogens is 354 g/mol. The molecule has 0 spiro atoms. The van der Waals surface area contributed by atoms with Gasteiger partial charge in [0.2, 0.25) is 0 Å². The Morgan fingerprint density at radius 3 is 2.78 bits per heavy atom. The monoisotopic (exact) mass is 374 g/mol. The molecule has 0 unspecified atom stereocenters. The van der Waals surface area contributed by atoms with E-state index < -0.39 is 12.0 Å². The quantitative estimate of drug-likeness (QED) is 0.757. The topological polar surface area (TPSA) is 74.7 Å². The number of rotatable bonds is 4. The number of hydrogen-bond acceptors (Lipinski definition) is 5. The van der Waals surface area contributed by atoms with Crippen molar-refractivity contribution in [1.82, 2.24) is 14.4 Å². The van der Waals surface area contributed by atoms with E-state index in [0.29, 0.717) is 30.2 Å². The summed E-state index contributed by atoms with van der Waals surface area (Å²) in [5.74, 6) is 0.352. The first kappa shape index (κ1) is 17.8. The second-order valence-corrected chi connectivity index (χ2v) is 6.74. The first-order valence-electron chi connectivity index (χ1n) is 8.60. The first-order valence-corrected chi connectivity index (χ1v) is 8.60. The molecule has 142 valence electrons. The minimum absolute atomic E-state index is 0.0997. The van der Waals surface area contributed by atoms with E-state index in [4.69, 9.17) is 20.2 Å². The molecule has 0 saturated carbocycles. The van der Waals surface area contributed by atoms with Crippen LogP contribution >= 0.6 is 0 Å². The lowest BCUT2D eigenvalue weighted by molar-refractivity contribution is -0.0247. The molecule has 1 saturated heterocycles. The smallest absolute Gasteiger partial charge is 0.263 e. The summed E-state index contributed by atoms with van der Waals surface area (Å²) < 4.78 is 40.2. The van der Waals surface area contributed by atoms with Crippen molar-refractivity contribution in [3.8, 4) is 11.3 Å². The first-order chi connectivity index (χ1) is 12.9. The number of nitrogens with zero attached hydrogens (tertiary/aromatic N) is 3. The number of hydrogen-bond donors (Lipinski definition) is 1. The molecular formula is C19H20F2N4O2. The predicted octanol–water partition coefficient (Wildman–Crippen LogP) is 3.49. The van der Waals surface area contributed by atoms with Crippen molar-refractivity contribution >= 4 is 11.3 Å². The van der Waals surface area contributed by atoms with Crippen LogP contribution in [0.2, 0.25) is 0 Å². The third-order valence-corrected chi connectivity index (χ3v) is 5.09. The van der Waals surface area contributed by atoms with Crippen molar-refractivity contribution in [2.24, 2.45) is 0 Å². The van der Waals surface area contributed by atoms with E-state index in [0.717, 1.165) is 16.8 Å². The molecule has 6 nitrogen and oxygen atoms in total. The van der Waals surface area contributed by atoms with Gasteiger partial charge < -0.3 is 19.6 Å². The zero-order valence-corrected chi connectivity index (χ0v) is 15.1. The summed E-state index contributed by atoms with van der Waals surface area (Å²) >= 11 is 0. The van der Waals surface area contributed by atoms with Gasteiger partial charge >= 0.3 is 0 Å². The summed E-state index contributed by atoms with van der Waals surface area (Å²) in [4.78, 5) is 8.78. The van der Waals surface area contributed by atoms with Crippen LogP contribution < -0.4 is 5.73 Å². The van der Waals surface area contributed by atoms with Gasteiger partial charge in [0.25, 0.3) is 6.43 Å². The molecule has 27 heavy (non-hydrogen) atoms. The van der Waals surface area contributed by atoms with Crippen molar-refractivity contribution in [3.63, 3.8) is 0 Å². The lowest BCUT2D eigenvalue weighted by atomic mass is 9.95. The zero-order chi connectivity index (χ0) is 19.2. The number of halogens is 2. The molecule has 4 heterocycles. The van der Waals surface area contributed by atoms with E-state index in [1.165, 1.54) is 12.1 Å². The van der Waals surface area contributed by atoms with E-state index in [2.05, 4.69) is 4.98 Å². The Kier molecular flexibility index (Phi) is 4.32. The van der Waals surface area contributed by atoms with Crippen molar-refractivity contribution < 1.29 is 18.3 Å². The lowest BCUT2D eigenvalue weighted by Crippen LogP contribution is -2.30. The zero-order valence-electron chi connectivity index (χ0n) is 15.1. The maximum absolute atomic E-state index is 13.6. The van der Waals surface area contributed by atoms with E-state index >= 15 is 0 Å². The molecule has 0 radical (unpaired) electrons. The number of nitrogens with two attached hydrogens (primary N) is 1. The van der Waals surface area contributed by atoms with Crippen LogP contribution in [0.15, 0.2) is 30.6 Å². The van der Waals surface area contributed by atoms with Crippen LogP contribution in [0.3, 0.4) is 0 Å². The number of pyridine rings is 1. The minimum Gasteiger partial charge on any atom is -0.384 e. The van der Waals surface area contributed by atoms with Gasteiger partial charge in [0, 0.05) is 43.0 Å². The standard InChI is InChI=1S/C19H20F2N4O2/c1-11-5-13(15-8-17(22)23-10-25(11)15)14-6-12(18(20)21)7-16(24-14)19(26-2)3-4-27-9-19/h5-8,10,18H,3-4,9,22H2,1-2H3/t19-/m1/s1. The van der Waals surface area contributed by atoms with Gasteiger partial charge in [-0.3, -0.25) is 0 Å². The van der Waals surface area contributed by atoms with Gasteiger partial charge in [0.05, 0.1) is 23.5 Å². The van der Waals surface area contributed by atoms with Crippen molar-refractivity contribution in [3.05, 3.63) is 47.5 Å². The second kappa shape index (κ2) is 6.54. The highest BCUT2D eigenvalue weighted by atomic mass is 19.3. The van der Waals surface area contributed by atoms with Gasteiger partial charge in [0.1, 0.15) is 17.7 Å². The Morgan fingerprint density at radius 2 is 2.11 bits per heavy atom. The molecule has 1 atom stereocenters. The van der Waals surface area contributed by atoms with Gasteiger partial charge in [-0.2, -0.15) is 0 Å². The molecule has 0 aromatic carbocycles. The van der Waals surface area contributed by atoms with Crippen LogP contribution in [-0.4, -0.2) is 34.7 Å². The summed E-state index contributed by atoms with van der Waals surface area (Å²) in [5, 5.41) is 0. The normalized spacial score (nSPS) is 20.0. The number of anilines is 1. The van der Waals surface area contributed by atoms with E-state index in [9.17, 15) is 8.78 Å². The fourth-order valence-corrected chi connectivity index (χ4v) is 3.54. The molecule has 1 fully saturated rings. The van der Waals surface area contributed by atoms with E-state index in [-0.39, 0.29) is 12.2 Å². The molecule has 8 heteroatoms. The number of nitrogen functional groups attached to an aromatic ring is 1. The Hall–Kier alpha value is -2.58. The summed E-state index contributed by atoms with van der Waals surface area (Å²) in [6.45, 7) is 2.70. The highest BCUT2D eigenvalue weighted by Gasteiger charge is 2.39. The van der Waals surface area contributed by atoms with Crippen molar-refractivity contribution in [1.29, 1.82) is 0 Å². The molecule has 0 bridgehead atoms. The Labute approximate surface area is 154 Å². The Bertz CT molecular complexity index is 997. The molecule has 0 aliphatic carbocycles. The summed E-state index contributed by atoms with van der Waals surface area (Å²) in [7, 11) is 1.55. The maximum Gasteiger partial charge on any atom is 0.263 e. The van der Waals surface area contributed by atoms with Crippen molar-refractivity contribution in [2.75, 3.05) is 26.1 Å². The lowest BCUT2D eigenvalue weighted by Gasteiger charge is -2.26. The van der Waals surface area contributed by atoms with Crippen LogP contribution in [0.4, 0.5) is 14.6 Å². The Morgan fingerprint density at radius 1 is 1.30 bits per heavy atom. The summed E-state index contributed by atoms with van der Waals surface area (Å²) in [5.41, 5.74) is 8.20. The van der Waals surface area contributed by atoms with Gasteiger partial charge in [-0.05, 0) is 25.1 Å². The third kappa shape index (κ3) is 2.94. The molecule has 3 aromatic rings. The average Bonchev–Trinajstić information content (AvgIpc) is 3.27. The molecule has 2 N–H and O–H groups in total. The molecule has 0 amide bonds. The maximum atomic E-state index is 13.6. The average molecular weight is 374 g/mol. The highest BCUT2D eigenvalue weighted by molar-refractivity contribution is 5.81. The number of methoxy groups -OCH3 is 1. The number of fused-ring (bicyclic) bond motifs is 1. The van der Waals surface area contributed by atoms with Crippen LogP contribution in [-0.2, 0) is 15.1 Å². The van der Waals surface area contributed by atoms with Crippen molar-refractivity contribution in [2.45, 2.75) is 25.4 Å². The summed E-state index contributed by atoms with van der Waals surface area (Å²) in [6.07, 6.45) is -0.443. The molecule has 3 aromatic heterocycles. The van der Waals surface area contributed by atoms with Gasteiger partial charge in [-0.15, -0.1) is 0 Å². The van der Waals surface area contributed by atoms with Gasteiger partial charge in [-0.1, -0.05) is 0 Å². The molecule has 4 rings (SSSR count). The predicted molar refractivity (Wildman–Crippen MR) is 96.7 cm³/mol.